The van der Waals surface area contributed by atoms with Crippen molar-refractivity contribution in [3.63, 3.8) is 0 Å². The molecule has 0 spiro atoms. The molecule has 1 heterocycles. The van der Waals surface area contributed by atoms with E-state index in [2.05, 4.69) is 13.8 Å². The standard InChI is InChI=1S/C10H20O2/c1-8(11)6-10(2,3)9-4-5-12-7-9/h8-9,11H,4-7H2,1-3H3. The van der Waals surface area contributed by atoms with Gasteiger partial charge in [0.2, 0.25) is 0 Å². The lowest BCUT2D eigenvalue weighted by Gasteiger charge is -2.31. The van der Waals surface area contributed by atoms with Crippen molar-refractivity contribution in [2.45, 2.75) is 39.7 Å². The lowest BCUT2D eigenvalue weighted by Crippen LogP contribution is -2.28. The third-order valence-electron chi connectivity index (χ3n) is 2.86. The fourth-order valence-corrected chi connectivity index (χ4v) is 2.08. The normalized spacial score (nSPS) is 27.5. The first-order chi connectivity index (χ1) is 5.52. The van der Waals surface area contributed by atoms with Gasteiger partial charge < -0.3 is 9.84 Å². The Bertz CT molecular complexity index is 135. The summed E-state index contributed by atoms with van der Waals surface area (Å²) in [6, 6.07) is 0. The van der Waals surface area contributed by atoms with Crippen LogP contribution >= 0.6 is 0 Å². The molecule has 1 N–H and O–H groups in total. The first-order valence-corrected chi connectivity index (χ1v) is 4.78. The molecule has 2 atom stereocenters. The number of ether oxygens (including phenoxy) is 1. The highest BCUT2D eigenvalue weighted by Gasteiger charge is 2.33. The maximum absolute atomic E-state index is 9.31. The molecule has 2 heteroatoms. The van der Waals surface area contributed by atoms with Crippen LogP contribution in [0, 0.1) is 11.3 Å². The molecule has 2 unspecified atom stereocenters. The molecule has 0 radical (unpaired) electrons. The van der Waals surface area contributed by atoms with Gasteiger partial charge in [0, 0.05) is 13.2 Å². The fraction of sp³-hybridized carbons (Fsp3) is 1.00. The summed E-state index contributed by atoms with van der Waals surface area (Å²) in [5, 5.41) is 9.31. The largest absolute Gasteiger partial charge is 0.393 e. The summed E-state index contributed by atoms with van der Waals surface area (Å²) in [5.74, 6) is 0.632. The predicted molar refractivity (Wildman–Crippen MR) is 49.0 cm³/mol. The molecule has 0 bridgehead atoms. The van der Waals surface area contributed by atoms with Crippen molar-refractivity contribution in [3.05, 3.63) is 0 Å². The van der Waals surface area contributed by atoms with Crippen molar-refractivity contribution in [3.8, 4) is 0 Å². The van der Waals surface area contributed by atoms with E-state index in [4.69, 9.17) is 4.74 Å². The molecular weight excluding hydrogens is 152 g/mol. The van der Waals surface area contributed by atoms with E-state index >= 15 is 0 Å². The lowest BCUT2D eigenvalue weighted by atomic mass is 9.74. The van der Waals surface area contributed by atoms with E-state index in [0.29, 0.717) is 5.92 Å². The van der Waals surface area contributed by atoms with E-state index < -0.39 is 0 Å². The third kappa shape index (κ3) is 2.46. The number of hydrogen-bond acceptors (Lipinski definition) is 2. The van der Waals surface area contributed by atoms with Crippen LogP contribution in [0.25, 0.3) is 0 Å². The third-order valence-corrected chi connectivity index (χ3v) is 2.86. The van der Waals surface area contributed by atoms with E-state index in [9.17, 15) is 5.11 Å². The minimum Gasteiger partial charge on any atom is -0.393 e. The van der Waals surface area contributed by atoms with Gasteiger partial charge in [0.25, 0.3) is 0 Å². The second kappa shape index (κ2) is 3.75. The van der Waals surface area contributed by atoms with Crippen molar-refractivity contribution >= 4 is 0 Å². The number of hydrogen-bond donors (Lipinski definition) is 1. The minimum absolute atomic E-state index is 0.194. The quantitative estimate of drug-likeness (QED) is 0.703. The van der Waals surface area contributed by atoms with Gasteiger partial charge >= 0.3 is 0 Å². The summed E-state index contributed by atoms with van der Waals surface area (Å²) in [5.41, 5.74) is 0.227. The highest BCUT2D eigenvalue weighted by Crippen LogP contribution is 2.36. The van der Waals surface area contributed by atoms with E-state index in [1.165, 1.54) is 0 Å². The molecule has 72 valence electrons. The van der Waals surface area contributed by atoms with Gasteiger partial charge in [-0.2, -0.15) is 0 Å². The van der Waals surface area contributed by atoms with Gasteiger partial charge in [0.05, 0.1) is 6.10 Å². The predicted octanol–water partition coefficient (Wildman–Crippen LogP) is 1.82. The Kier molecular flexibility index (Phi) is 3.13. The van der Waals surface area contributed by atoms with Crippen molar-refractivity contribution in [1.29, 1.82) is 0 Å². The van der Waals surface area contributed by atoms with Gasteiger partial charge in [-0.15, -0.1) is 0 Å². The highest BCUT2D eigenvalue weighted by molar-refractivity contribution is 4.82. The van der Waals surface area contributed by atoms with Crippen LogP contribution in [0.3, 0.4) is 0 Å². The van der Waals surface area contributed by atoms with Crippen molar-refractivity contribution < 1.29 is 9.84 Å². The van der Waals surface area contributed by atoms with Crippen molar-refractivity contribution in [2.75, 3.05) is 13.2 Å². The summed E-state index contributed by atoms with van der Waals surface area (Å²) >= 11 is 0. The topological polar surface area (TPSA) is 29.5 Å². The Balaban J connectivity index is 2.45. The Morgan fingerprint density at radius 3 is 2.67 bits per heavy atom. The Labute approximate surface area is 74.9 Å². The van der Waals surface area contributed by atoms with Gasteiger partial charge in [-0.3, -0.25) is 0 Å². The smallest absolute Gasteiger partial charge is 0.0517 e. The van der Waals surface area contributed by atoms with Gasteiger partial charge in [-0.05, 0) is 31.1 Å². The van der Waals surface area contributed by atoms with Crippen molar-refractivity contribution in [1.82, 2.24) is 0 Å². The Hall–Kier alpha value is -0.0800. The van der Waals surface area contributed by atoms with E-state index in [1.807, 2.05) is 6.92 Å². The van der Waals surface area contributed by atoms with Crippen LogP contribution in [-0.4, -0.2) is 24.4 Å². The molecule has 1 fully saturated rings. The number of aliphatic hydroxyl groups is 1. The molecule has 0 amide bonds. The second-order valence-corrected chi connectivity index (χ2v) is 4.60. The zero-order valence-corrected chi connectivity index (χ0v) is 8.34. The summed E-state index contributed by atoms with van der Waals surface area (Å²) in [4.78, 5) is 0. The maximum Gasteiger partial charge on any atom is 0.0517 e. The molecule has 0 saturated carbocycles. The maximum atomic E-state index is 9.31. The summed E-state index contributed by atoms with van der Waals surface area (Å²) < 4.78 is 5.34. The van der Waals surface area contributed by atoms with Crippen LogP contribution in [0.2, 0.25) is 0 Å². The lowest BCUT2D eigenvalue weighted by molar-refractivity contribution is 0.0796. The van der Waals surface area contributed by atoms with Crippen LogP contribution in [0.1, 0.15) is 33.6 Å². The monoisotopic (exact) mass is 172 g/mol. The second-order valence-electron chi connectivity index (χ2n) is 4.60. The van der Waals surface area contributed by atoms with Crippen molar-refractivity contribution in [2.24, 2.45) is 11.3 Å². The fourth-order valence-electron chi connectivity index (χ4n) is 2.08. The Morgan fingerprint density at radius 2 is 2.25 bits per heavy atom. The summed E-state index contributed by atoms with van der Waals surface area (Å²) in [6.45, 7) is 8.07. The molecule has 12 heavy (non-hydrogen) atoms. The van der Waals surface area contributed by atoms with Crippen LogP contribution in [0.4, 0.5) is 0 Å². The molecule has 0 aliphatic carbocycles. The van der Waals surface area contributed by atoms with Crippen LogP contribution < -0.4 is 0 Å². The molecular formula is C10H20O2. The molecule has 1 aliphatic rings. The van der Waals surface area contributed by atoms with Crippen LogP contribution in [0.5, 0.6) is 0 Å². The van der Waals surface area contributed by atoms with E-state index in [0.717, 1.165) is 26.1 Å². The molecule has 1 rings (SSSR count). The van der Waals surface area contributed by atoms with Gasteiger partial charge in [0.15, 0.2) is 0 Å². The summed E-state index contributed by atoms with van der Waals surface area (Å²) in [7, 11) is 0. The molecule has 0 aromatic rings. The molecule has 1 saturated heterocycles. The average molecular weight is 172 g/mol. The van der Waals surface area contributed by atoms with Crippen LogP contribution in [-0.2, 0) is 4.74 Å². The molecule has 2 nitrogen and oxygen atoms in total. The first-order valence-electron chi connectivity index (χ1n) is 4.78. The zero-order valence-electron chi connectivity index (χ0n) is 8.34. The highest BCUT2D eigenvalue weighted by atomic mass is 16.5. The zero-order chi connectivity index (χ0) is 9.19. The molecule has 0 aromatic heterocycles. The van der Waals surface area contributed by atoms with E-state index in [-0.39, 0.29) is 11.5 Å². The molecule has 1 aliphatic heterocycles. The molecule has 0 aromatic carbocycles. The minimum atomic E-state index is -0.194. The van der Waals surface area contributed by atoms with Gasteiger partial charge in [0.1, 0.15) is 0 Å². The Morgan fingerprint density at radius 1 is 1.58 bits per heavy atom. The summed E-state index contributed by atoms with van der Waals surface area (Å²) in [6.07, 6.45) is 1.83. The number of rotatable bonds is 3. The average Bonchev–Trinajstić information content (AvgIpc) is 2.32. The van der Waals surface area contributed by atoms with Crippen LogP contribution in [0.15, 0.2) is 0 Å². The SMILES string of the molecule is CC(O)CC(C)(C)C1CCOC1. The first kappa shape index (κ1) is 10.0. The van der Waals surface area contributed by atoms with Gasteiger partial charge in [-0.1, -0.05) is 13.8 Å². The number of aliphatic hydroxyl groups excluding tert-OH is 1. The van der Waals surface area contributed by atoms with Gasteiger partial charge in [-0.25, -0.2) is 0 Å². The van der Waals surface area contributed by atoms with E-state index in [1.54, 1.807) is 0 Å².